The van der Waals surface area contributed by atoms with E-state index < -0.39 is 0 Å². The molecule has 128 valence electrons. The number of aryl methyl sites for hydroxylation is 1. The topological polar surface area (TPSA) is 73.8 Å². The van der Waals surface area contributed by atoms with Crippen LogP contribution in [0.1, 0.15) is 31.3 Å². The van der Waals surface area contributed by atoms with Gasteiger partial charge in [-0.25, -0.2) is 0 Å². The zero-order valence-electron chi connectivity index (χ0n) is 14.2. The quantitative estimate of drug-likeness (QED) is 0.502. The minimum absolute atomic E-state index is 0.307. The molecule has 0 saturated heterocycles. The van der Waals surface area contributed by atoms with Gasteiger partial charge in [0.25, 0.3) is 0 Å². The van der Waals surface area contributed by atoms with Crippen molar-refractivity contribution >= 4 is 32.2 Å². The van der Waals surface area contributed by atoms with Crippen molar-refractivity contribution in [2.24, 2.45) is 0 Å². The van der Waals surface area contributed by atoms with Gasteiger partial charge in [-0.2, -0.15) is 14.7 Å². The standard InChI is InChI=1S/C16H16BrN7S/c1-8(2)23-10(4)13(9(3)21-23)15-22-24-14(19-20-16(24)25-15)11-5-12(17)7-18-6-11/h5-8H,1-4H3. The number of fused-ring (bicyclic) bond motifs is 1. The molecule has 0 atom stereocenters. The molecule has 25 heavy (non-hydrogen) atoms. The van der Waals surface area contributed by atoms with E-state index in [0.717, 1.165) is 37.0 Å². The Kier molecular flexibility index (Phi) is 3.92. The van der Waals surface area contributed by atoms with E-state index in [4.69, 9.17) is 5.10 Å². The summed E-state index contributed by atoms with van der Waals surface area (Å²) >= 11 is 4.96. The Bertz CT molecular complexity index is 1080. The molecule has 4 rings (SSSR count). The highest BCUT2D eigenvalue weighted by molar-refractivity contribution is 9.10. The molecule has 0 spiro atoms. The Morgan fingerprint density at radius 3 is 2.60 bits per heavy atom. The van der Waals surface area contributed by atoms with Crippen LogP contribution in [0.2, 0.25) is 0 Å². The largest absolute Gasteiger partial charge is 0.266 e. The molecule has 0 aliphatic heterocycles. The highest BCUT2D eigenvalue weighted by Gasteiger charge is 2.21. The number of hydrogen-bond donors (Lipinski definition) is 0. The average Bonchev–Trinajstić information content (AvgIpc) is 3.19. The number of pyridine rings is 1. The van der Waals surface area contributed by atoms with Gasteiger partial charge in [0.2, 0.25) is 4.96 Å². The Balaban J connectivity index is 1.87. The number of rotatable bonds is 3. The molecule has 4 aromatic heterocycles. The molecule has 0 fully saturated rings. The molecule has 0 unspecified atom stereocenters. The van der Waals surface area contributed by atoms with Gasteiger partial charge in [0.15, 0.2) is 10.8 Å². The first-order valence-electron chi connectivity index (χ1n) is 7.85. The first kappa shape index (κ1) is 16.3. The van der Waals surface area contributed by atoms with Crippen molar-refractivity contribution in [3.63, 3.8) is 0 Å². The van der Waals surface area contributed by atoms with E-state index in [-0.39, 0.29) is 0 Å². The molecule has 9 heteroatoms. The van der Waals surface area contributed by atoms with Crippen LogP contribution in [0, 0.1) is 13.8 Å². The fourth-order valence-corrected chi connectivity index (χ4v) is 4.26. The second-order valence-electron chi connectivity index (χ2n) is 6.10. The van der Waals surface area contributed by atoms with E-state index in [2.05, 4.69) is 57.0 Å². The highest BCUT2D eigenvalue weighted by Crippen LogP contribution is 2.33. The van der Waals surface area contributed by atoms with E-state index in [1.165, 1.54) is 11.3 Å². The Morgan fingerprint density at radius 2 is 1.92 bits per heavy atom. The zero-order valence-corrected chi connectivity index (χ0v) is 16.6. The summed E-state index contributed by atoms with van der Waals surface area (Å²) in [7, 11) is 0. The third kappa shape index (κ3) is 2.67. The van der Waals surface area contributed by atoms with Crippen molar-refractivity contribution in [3.8, 4) is 22.0 Å². The van der Waals surface area contributed by atoms with Gasteiger partial charge in [0.1, 0.15) is 0 Å². The zero-order chi connectivity index (χ0) is 17.7. The normalized spacial score (nSPS) is 11.8. The lowest BCUT2D eigenvalue weighted by molar-refractivity contribution is 0.516. The second kappa shape index (κ2) is 5.99. The highest BCUT2D eigenvalue weighted by atomic mass is 79.9. The number of aromatic nitrogens is 7. The van der Waals surface area contributed by atoms with E-state index in [9.17, 15) is 0 Å². The lowest BCUT2D eigenvalue weighted by atomic mass is 10.2. The lowest BCUT2D eigenvalue weighted by Gasteiger charge is -2.07. The van der Waals surface area contributed by atoms with Gasteiger partial charge >= 0.3 is 0 Å². The van der Waals surface area contributed by atoms with Crippen molar-refractivity contribution < 1.29 is 0 Å². The predicted octanol–water partition coefficient (Wildman–Crippen LogP) is 4.07. The van der Waals surface area contributed by atoms with E-state index >= 15 is 0 Å². The van der Waals surface area contributed by atoms with Crippen LogP contribution in [-0.4, -0.2) is 34.6 Å². The predicted molar refractivity (Wildman–Crippen MR) is 101 cm³/mol. The molecule has 0 aromatic carbocycles. The molecule has 0 N–H and O–H groups in total. The SMILES string of the molecule is Cc1nn(C(C)C)c(C)c1-c1nn2c(-c3cncc(Br)c3)nnc2s1. The van der Waals surface area contributed by atoms with E-state index in [0.29, 0.717) is 11.9 Å². The summed E-state index contributed by atoms with van der Waals surface area (Å²) in [5.41, 5.74) is 4.03. The average molecular weight is 418 g/mol. The van der Waals surface area contributed by atoms with Gasteiger partial charge < -0.3 is 0 Å². The molecule has 4 aromatic rings. The first-order chi connectivity index (χ1) is 12.0. The Morgan fingerprint density at radius 1 is 1.12 bits per heavy atom. The van der Waals surface area contributed by atoms with Crippen LogP contribution in [0.4, 0.5) is 0 Å². The third-order valence-corrected chi connectivity index (χ3v) is 5.33. The van der Waals surface area contributed by atoms with Crippen LogP contribution in [0.3, 0.4) is 0 Å². The van der Waals surface area contributed by atoms with Gasteiger partial charge in [0, 0.05) is 34.2 Å². The summed E-state index contributed by atoms with van der Waals surface area (Å²) in [6.07, 6.45) is 3.49. The van der Waals surface area contributed by atoms with Crippen molar-refractivity contribution in [2.45, 2.75) is 33.7 Å². The lowest BCUT2D eigenvalue weighted by Crippen LogP contribution is -2.04. The summed E-state index contributed by atoms with van der Waals surface area (Å²) in [5, 5.41) is 18.8. The van der Waals surface area contributed by atoms with Crippen LogP contribution < -0.4 is 0 Å². The van der Waals surface area contributed by atoms with E-state index in [1.807, 2.05) is 17.7 Å². The maximum atomic E-state index is 4.76. The molecule has 7 nitrogen and oxygen atoms in total. The first-order valence-corrected chi connectivity index (χ1v) is 9.46. The van der Waals surface area contributed by atoms with Crippen LogP contribution in [-0.2, 0) is 0 Å². The molecular weight excluding hydrogens is 402 g/mol. The summed E-state index contributed by atoms with van der Waals surface area (Å²) in [4.78, 5) is 4.95. The molecule has 0 radical (unpaired) electrons. The molecule has 0 bridgehead atoms. The van der Waals surface area contributed by atoms with Crippen molar-refractivity contribution in [3.05, 3.63) is 34.3 Å². The summed E-state index contributed by atoms with van der Waals surface area (Å²) in [6.45, 7) is 8.35. The summed E-state index contributed by atoms with van der Waals surface area (Å²) < 4.78 is 4.70. The summed E-state index contributed by atoms with van der Waals surface area (Å²) in [5.74, 6) is 0.679. The molecule has 0 aliphatic carbocycles. The van der Waals surface area contributed by atoms with Crippen LogP contribution in [0.5, 0.6) is 0 Å². The van der Waals surface area contributed by atoms with Gasteiger partial charge in [-0.1, -0.05) is 11.3 Å². The van der Waals surface area contributed by atoms with Crippen molar-refractivity contribution in [1.82, 2.24) is 34.6 Å². The molecule has 0 aliphatic rings. The second-order valence-corrected chi connectivity index (χ2v) is 7.97. The monoisotopic (exact) mass is 417 g/mol. The summed E-state index contributed by atoms with van der Waals surface area (Å²) in [6, 6.07) is 2.26. The van der Waals surface area contributed by atoms with Gasteiger partial charge in [-0.15, -0.1) is 10.2 Å². The van der Waals surface area contributed by atoms with Gasteiger partial charge in [-0.05, 0) is 49.7 Å². The van der Waals surface area contributed by atoms with Crippen molar-refractivity contribution in [1.29, 1.82) is 0 Å². The molecule has 4 heterocycles. The minimum Gasteiger partial charge on any atom is -0.266 e. The maximum absolute atomic E-state index is 4.76. The Hall–Kier alpha value is -2.13. The number of halogens is 1. The van der Waals surface area contributed by atoms with Crippen LogP contribution in [0.25, 0.3) is 26.9 Å². The third-order valence-electron chi connectivity index (χ3n) is 3.98. The molecular formula is C16H16BrN7S. The van der Waals surface area contributed by atoms with Crippen LogP contribution >= 0.6 is 27.3 Å². The molecule has 0 amide bonds. The van der Waals surface area contributed by atoms with Gasteiger partial charge in [0.05, 0.1) is 11.3 Å². The van der Waals surface area contributed by atoms with Crippen molar-refractivity contribution in [2.75, 3.05) is 0 Å². The number of hydrogen-bond acceptors (Lipinski definition) is 6. The smallest absolute Gasteiger partial charge is 0.235 e. The van der Waals surface area contributed by atoms with Gasteiger partial charge in [-0.3, -0.25) is 9.67 Å². The maximum Gasteiger partial charge on any atom is 0.235 e. The van der Waals surface area contributed by atoms with Crippen LogP contribution in [0.15, 0.2) is 22.9 Å². The number of nitrogens with zero attached hydrogens (tertiary/aromatic N) is 7. The fraction of sp³-hybridized carbons (Fsp3) is 0.312. The van der Waals surface area contributed by atoms with E-state index in [1.54, 1.807) is 16.9 Å². The fourth-order valence-electron chi connectivity index (χ4n) is 2.91. The Labute approximate surface area is 156 Å². The minimum atomic E-state index is 0.307. The molecule has 0 saturated carbocycles.